The lowest BCUT2D eigenvalue weighted by Crippen LogP contribution is -2.29. The Hall–Kier alpha value is -0.520. The first kappa shape index (κ1) is 11.6. The molecule has 3 aliphatic rings. The highest BCUT2D eigenvalue weighted by atomic mass is 14.6. The van der Waals surface area contributed by atoms with Crippen LogP contribution in [0.2, 0.25) is 0 Å². The molecule has 0 bridgehead atoms. The van der Waals surface area contributed by atoms with Crippen LogP contribution < -0.4 is 0 Å². The van der Waals surface area contributed by atoms with Gasteiger partial charge in [-0.25, -0.2) is 0 Å². The van der Waals surface area contributed by atoms with Gasteiger partial charge in [0.2, 0.25) is 0 Å². The minimum atomic E-state index is 0.452. The molecule has 1 fully saturated rings. The standard InChI is InChI=1S/C17H26/c1-11-8-13-12(2)6-7-14-15(13)17(5,9-11)10-16(14,3)4/h12,14H,1,6-10H2,2-5H3/t12-,14-,17+/m1/s1. The Morgan fingerprint density at radius 3 is 2.59 bits per heavy atom. The van der Waals surface area contributed by atoms with Gasteiger partial charge in [0.1, 0.15) is 0 Å². The van der Waals surface area contributed by atoms with Gasteiger partial charge in [0, 0.05) is 0 Å². The number of rotatable bonds is 0. The van der Waals surface area contributed by atoms with E-state index in [2.05, 4.69) is 34.3 Å². The maximum Gasteiger partial charge on any atom is -0.00681 e. The van der Waals surface area contributed by atoms with Gasteiger partial charge in [-0.15, -0.1) is 0 Å². The van der Waals surface area contributed by atoms with E-state index in [-0.39, 0.29) is 0 Å². The first-order valence-corrected chi connectivity index (χ1v) is 7.23. The summed E-state index contributed by atoms with van der Waals surface area (Å²) in [5, 5.41) is 0. The summed E-state index contributed by atoms with van der Waals surface area (Å²) in [6, 6.07) is 0. The van der Waals surface area contributed by atoms with E-state index in [9.17, 15) is 0 Å². The average molecular weight is 230 g/mol. The van der Waals surface area contributed by atoms with Crippen molar-refractivity contribution in [1.82, 2.24) is 0 Å². The lowest BCUT2D eigenvalue weighted by Gasteiger charge is -2.41. The van der Waals surface area contributed by atoms with Crippen molar-refractivity contribution in [2.45, 2.75) is 59.8 Å². The summed E-state index contributed by atoms with van der Waals surface area (Å²) in [6.07, 6.45) is 6.65. The molecule has 1 saturated carbocycles. The summed E-state index contributed by atoms with van der Waals surface area (Å²) in [6.45, 7) is 14.2. The Morgan fingerprint density at radius 2 is 1.88 bits per heavy atom. The Balaban J connectivity index is 2.18. The molecule has 0 aromatic carbocycles. The van der Waals surface area contributed by atoms with E-state index in [1.54, 1.807) is 5.57 Å². The van der Waals surface area contributed by atoms with Gasteiger partial charge in [-0.05, 0) is 54.8 Å². The van der Waals surface area contributed by atoms with E-state index in [0.29, 0.717) is 10.8 Å². The SMILES string of the molecule is C=C1CC2=C3[C@@H](CC[C@H]2C)C(C)(C)C[C@]3(C)C1. The van der Waals surface area contributed by atoms with E-state index >= 15 is 0 Å². The van der Waals surface area contributed by atoms with Crippen LogP contribution in [0, 0.1) is 22.7 Å². The van der Waals surface area contributed by atoms with Crippen molar-refractivity contribution in [3.8, 4) is 0 Å². The molecule has 94 valence electrons. The third-order valence-electron chi connectivity index (χ3n) is 5.70. The summed E-state index contributed by atoms with van der Waals surface area (Å²) in [5.74, 6) is 1.68. The lowest BCUT2D eigenvalue weighted by molar-refractivity contribution is 0.233. The average Bonchev–Trinajstić information content (AvgIpc) is 2.37. The second-order valence-corrected chi connectivity index (χ2v) is 7.80. The van der Waals surface area contributed by atoms with E-state index < -0.39 is 0 Å². The van der Waals surface area contributed by atoms with Crippen molar-refractivity contribution in [3.63, 3.8) is 0 Å². The maximum atomic E-state index is 4.32. The highest BCUT2D eigenvalue weighted by molar-refractivity contribution is 5.41. The molecule has 0 unspecified atom stereocenters. The normalized spacial score (nSPS) is 43.9. The molecule has 0 heterocycles. The van der Waals surface area contributed by atoms with Gasteiger partial charge < -0.3 is 0 Å². The molecule has 0 N–H and O–H groups in total. The molecule has 0 aliphatic heterocycles. The fourth-order valence-electron chi connectivity index (χ4n) is 5.35. The highest BCUT2D eigenvalue weighted by Crippen LogP contribution is 2.65. The molecule has 3 atom stereocenters. The predicted octanol–water partition coefficient (Wildman–Crippen LogP) is 5.12. The van der Waals surface area contributed by atoms with Gasteiger partial charge >= 0.3 is 0 Å². The van der Waals surface area contributed by atoms with Crippen LogP contribution in [0.4, 0.5) is 0 Å². The maximum absolute atomic E-state index is 4.32. The summed E-state index contributed by atoms with van der Waals surface area (Å²) >= 11 is 0. The molecular formula is C17H26. The topological polar surface area (TPSA) is 0 Å². The van der Waals surface area contributed by atoms with Crippen molar-refractivity contribution in [3.05, 3.63) is 23.3 Å². The minimum Gasteiger partial charge on any atom is -0.0995 e. The Bertz CT molecular complexity index is 410. The number of hydrogen-bond donors (Lipinski definition) is 0. The molecule has 3 rings (SSSR count). The zero-order valence-electron chi connectivity index (χ0n) is 11.9. The van der Waals surface area contributed by atoms with Crippen molar-refractivity contribution < 1.29 is 0 Å². The second kappa shape index (κ2) is 3.28. The highest BCUT2D eigenvalue weighted by Gasteiger charge is 2.54. The third-order valence-corrected chi connectivity index (χ3v) is 5.70. The van der Waals surface area contributed by atoms with Crippen LogP contribution in [0.25, 0.3) is 0 Å². The Labute approximate surface area is 106 Å². The van der Waals surface area contributed by atoms with Crippen LogP contribution in [0.3, 0.4) is 0 Å². The smallest absolute Gasteiger partial charge is 0.00681 e. The second-order valence-electron chi connectivity index (χ2n) is 7.80. The fraction of sp³-hybridized carbons (Fsp3) is 0.765. The van der Waals surface area contributed by atoms with Crippen LogP contribution in [0.15, 0.2) is 23.3 Å². The quantitative estimate of drug-likeness (QED) is 0.507. The molecule has 0 radical (unpaired) electrons. The monoisotopic (exact) mass is 230 g/mol. The molecule has 17 heavy (non-hydrogen) atoms. The van der Waals surface area contributed by atoms with Gasteiger partial charge in [-0.2, -0.15) is 0 Å². The Kier molecular flexibility index (Phi) is 2.23. The van der Waals surface area contributed by atoms with Crippen LogP contribution >= 0.6 is 0 Å². The van der Waals surface area contributed by atoms with Crippen LogP contribution in [0.1, 0.15) is 59.8 Å². The van der Waals surface area contributed by atoms with Gasteiger partial charge in [0.15, 0.2) is 0 Å². The molecule has 0 spiro atoms. The zero-order chi connectivity index (χ0) is 12.4. The number of allylic oxidation sites excluding steroid dienone is 3. The predicted molar refractivity (Wildman–Crippen MR) is 73.8 cm³/mol. The van der Waals surface area contributed by atoms with Crippen molar-refractivity contribution in [2.75, 3.05) is 0 Å². The van der Waals surface area contributed by atoms with E-state index in [0.717, 1.165) is 11.8 Å². The first-order chi connectivity index (χ1) is 7.83. The van der Waals surface area contributed by atoms with Crippen LogP contribution in [-0.2, 0) is 0 Å². The van der Waals surface area contributed by atoms with Crippen molar-refractivity contribution in [1.29, 1.82) is 0 Å². The van der Waals surface area contributed by atoms with Crippen LogP contribution in [0.5, 0.6) is 0 Å². The summed E-state index contributed by atoms with van der Waals surface area (Å²) in [7, 11) is 0. The van der Waals surface area contributed by atoms with E-state index in [1.807, 2.05) is 5.57 Å². The van der Waals surface area contributed by atoms with Gasteiger partial charge in [0.05, 0.1) is 0 Å². The van der Waals surface area contributed by atoms with E-state index in [4.69, 9.17) is 0 Å². The molecule has 0 aromatic heterocycles. The van der Waals surface area contributed by atoms with Crippen LogP contribution in [-0.4, -0.2) is 0 Å². The summed E-state index contributed by atoms with van der Waals surface area (Å²) < 4.78 is 0. The van der Waals surface area contributed by atoms with Crippen molar-refractivity contribution in [2.24, 2.45) is 22.7 Å². The Morgan fingerprint density at radius 1 is 1.18 bits per heavy atom. The lowest BCUT2D eigenvalue weighted by atomic mass is 9.63. The zero-order valence-corrected chi connectivity index (χ0v) is 11.9. The third kappa shape index (κ3) is 1.49. The summed E-state index contributed by atoms with van der Waals surface area (Å²) in [4.78, 5) is 0. The molecule has 0 nitrogen and oxygen atoms in total. The minimum absolute atomic E-state index is 0.452. The largest absolute Gasteiger partial charge is 0.0995 e. The molecular weight excluding hydrogens is 204 g/mol. The molecule has 0 amide bonds. The molecule has 0 heteroatoms. The molecule has 0 saturated heterocycles. The molecule has 0 aromatic rings. The van der Waals surface area contributed by atoms with Gasteiger partial charge in [-0.3, -0.25) is 0 Å². The van der Waals surface area contributed by atoms with Gasteiger partial charge in [-0.1, -0.05) is 51.0 Å². The first-order valence-electron chi connectivity index (χ1n) is 7.23. The van der Waals surface area contributed by atoms with Crippen molar-refractivity contribution >= 4 is 0 Å². The fourth-order valence-corrected chi connectivity index (χ4v) is 5.35. The van der Waals surface area contributed by atoms with E-state index in [1.165, 1.54) is 37.7 Å². The summed E-state index contributed by atoms with van der Waals surface area (Å²) in [5.41, 5.74) is 6.10. The molecule has 3 aliphatic carbocycles. The number of hydrogen-bond acceptors (Lipinski definition) is 0. The van der Waals surface area contributed by atoms with Gasteiger partial charge in [0.25, 0.3) is 0 Å².